The highest BCUT2D eigenvalue weighted by Crippen LogP contribution is 2.29. The highest BCUT2D eigenvalue weighted by molar-refractivity contribution is 5.92. The second kappa shape index (κ2) is 7.04. The number of amides is 2. The largest absolute Gasteiger partial charge is 0.384 e. The quantitative estimate of drug-likeness (QED) is 0.811. The molecule has 2 amide bonds. The van der Waals surface area contributed by atoms with Crippen LogP contribution >= 0.6 is 0 Å². The number of piperidine rings is 1. The van der Waals surface area contributed by atoms with Gasteiger partial charge in [-0.2, -0.15) is 0 Å². The standard InChI is InChI=1S/C16H22N4O3/c1-23-7-4-15(21)20-10-12-2-3-13(20)11-19(9-12)16(22)14-8-17-5-6-18-14/h5-6,8,12-13H,2-4,7,9-11H2,1H3/t12-,13+/m0/s1. The molecule has 4 heterocycles. The van der Waals surface area contributed by atoms with Crippen molar-refractivity contribution in [2.45, 2.75) is 25.3 Å². The van der Waals surface area contributed by atoms with E-state index >= 15 is 0 Å². The third-order valence-corrected chi connectivity index (χ3v) is 4.62. The molecule has 2 bridgehead atoms. The predicted molar refractivity (Wildman–Crippen MR) is 82.7 cm³/mol. The van der Waals surface area contributed by atoms with Gasteiger partial charge >= 0.3 is 0 Å². The monoisotopic (exact) mass is 318 g/mol. The SMILES string of the molecule is COCCC(=O)N1C[C@H]2CC[C@@H]1CN(C(=O)c1cnccn1)C2. The van der Waals surface area contributed by atoms with Crippen LogP contribution in [0.3, 0.4) is 0 Å². The van der Waals surface area contributed by atoms with Crippen LogP contribution in [0.15, 0.2) is 18.6 Å². The van der Waals surface area contributed by atoms with Crippen molar-refractivity contribution in [2.24, 2.45) is 5.92 Å². The number of methoxy groups -OCH3 is 1. The second-order valence-corrected chi connectivity index (χ2v) is 6.19. The zero-order valence-corrected chi connectivity index (χ0v) is 13.4. The Morgan fingerprint density at radius 3 is 2.87 bits per heavy atom. The Labute approximate surface area is 135 Å². The number of hydrogen-bond acceptors (Lipinski definition) is 5. The molecule has 0 spiro atoms. The van der Waals surface area contributed by atoms with Crippen molar-refractivity contribution in [2.75, 3.05) is 33.4 Å². The zero-order chi connectivity index (χ0) is 16.2. The van der Waals surface area contributed by atoms with Gasteiger partial charge in [0.1, 0.15) is 5.69 Å². The van der Waals surface area contributed by atoms with Crippen LogP contribution in [0.25, 0.3) is 0 Å². The lowest BCUT2D eigenvalue weighted by molar-refractivity contribution is -0.136. The molecule has 23 heavy (non-hydrogen) atoms. The van der Waals surface area contributed by atoms with Gasteiger partial charge in [-0.25, -0.2) is 4.98 Å². The van der Waals surface area contributed by atoms with E-state index in [0.717, 1.165) is 19.4 Å². The maximum Gasteiger partial charge on any atom is 0.274 e. The third-order valence-electron chi connectivity index (χ3n) is 4.62. The molecule has 7 heteroatoms. The van der Waals surface area contributed by atoms with Crippen molar-refractivity contribution in [3.8, 4) is 0 Å². The average Bonchev–Trinajstić information content (AvgIpc) is 2.91. The van der Waals surface area contributed by atoms with Crippen molar-refractivity contribution in [1.29, 1.82) is 0 Å². The van der Waals surface area contributed by atoms with Gasteiger partial charge in [0.2, 0.25) is 5.91 Å². The Kier molecular flexibility index (Phi) is 4.85. The minimum atomic E-state index is -0.0961. The van der Waals surface area contributed by atoms with Gasteiger partial charge in [0.05, 0.1) is 19.2 Å². The predicted octanol–water partition coefficient (Wildman–Crippen LogP) is 0.576. The molecule has 7 nitrogen and oxygen atoms in total. The van der Waals surface area contributed by atoms with Gasteiger partial charge in [-0.05, 0) is 18.8 Å². The van der Waals surface area contributed by atoms with Crippen LogP contribution in [0.1, 0.15) is 29.8 Å². The molecule has 2 atom stereocenters. The molecule has 0 aromatic carbocycles. The lowest BCUT2D eigenvalue weighted by atomic mass is 9.95. The summed E-state index contributed by atoms with van der Waals surface area (Å²) in [7, 11) is 1.60. The van der Waals surface area contributed by atoms with Crippen LogP contribution in [-0.2, 0) is 9.53 Å². The van der Waals surface area contributed by atoms with Crippen molar-refractivity contribution >= 4 is 11.8 Å². The summed E-state index contributed by atoms with van der Waals surface area (Å²) in [5.74, 6) is 0.359. The average molecular weight is 318 g/mol. The number of carbonyl (C=O) groups excluding carboxylic acids is 2. The molecule has 0 saturated carbocycles. The Bertz CT molecular complexity index is 566. The molecule has 3 aliphatic rings. The molecule has 4 rings (SSSR count). The Hall–Kier alpha value is -2.02. The van der Waals surface area contributed by atoms with E-state index in [9.17, 15) is 9.59 Å². The topological polar surface area (TPSA) is 75.6 Å². The van der Waals surface area contributed by atoms with E-state index in [1.165, 1.54) is 12.4 Å². The minimum Gasteiger partial charge on any atom is -0.384 e. The fraction of sp³-hybridized carbons (Fsp3) is 0.625. The lowest BCUT2D eigenvalue weighted by Gasteiger charge is -2.36. The summed E-state index contributed by atoms with van der Waals surface area (Å²) in [6.07, 6.45) is 6.99. The van der Waals surface area contributed by atoms with Crippen molar-refractivity contribution in [3.63, 3.8) is 0 Å². The van der Waals surface area contributed by atoms with E-state index in [1.54, 1.807) is 13.3 Å². The number of ether oxygens (including phenoxy) is 1. The number of rotatable bonds is 4. The molecule has 3 saturated heterocycles. The van der Waals surface area contributed by atoms with Crippen molar-refractivity contribution in [3.05, 3.63) is 24.3 Å². The molecule has 3 fully saturated rings. The molecule has 0 N–H and O–H groups in total. The van der Waals surface area contributed by atoms with Gasteiger partial charge in [0.25, 0.3) is 5.91 Å². The highest BCUT2D eigenvalue weighted by Gasteiger charge is 2.38. The Morgan fingerprint density at radius 2 is 2.13 bits per heavy atom. The first-order chi connectivity index (χ1) is 11.2. The van der Waals surface area contributed by atoms with Crippen LogP contribution in [0.4, 0.5) is 0 Å². The number of aromatic nitrogens is 2. The van der Waals surface area contributed by atoms with E-state index in [0.29, 0.717) is 37.7 Å². The van der Waals surface area contributed by atoms with Crippen LogP contribution in [0, 0.1) is 5.92 Å². The Balaban J connectivity index is 1.71. The summed E-state index contributed by atoms with van der Waals surface area (Å²) in [5.41, 5.74) is 0.367. The first-order valence-corrected chi connectivity index (χ1v) is 8.02. The number of fused-ring (bicyclic) bond motifs is 4. The molecule has 0 aliphatic carbocycles. The van der Waals surface area contributed by atoms with Gasteiger partial charge in [-0.15, -0.1) is 0 Å². The zero-order valence-electron chi connectivity index (χ0n) is 13.4. The smallest absolute Gasteiger partial charge is 0.274 e. The summed E-state index contributed by atoms with van der Waals surface area (Å²) in [6, 6.07) is 0.0960. The van der Waals surface area contributed by atoms with Gasteiger partial charge in [-0.1, -0.05) is 0 Å². The molecular formula is C16H22N4O3. The molecule has 3 aliphatic heterocycles. The molecule has 0 radical (unpaired) electrons. The number of carbonyl (C=O) groups is 2. The summed E-state index contributed by atoms with van der Waals surface area (Å²) in [6.45, 7) is 2.43. The number of hydrogen-bond donors (Lipinski definition) is 0. The van der Waals surface area contributed by atoms with Crippen LogP contribution < -0.4 is 0 Å². The maximum atomic E-state index is 12.6. The second-order valence-electron chi connectivity index (χ2n) is 6.19. The maximum absolute atomic E-state index is 12.6. The molecule has 1 aromatic heterocycles. The fourth-order valence-corrected chi connectivity index (χ4v) is 3.46. The van der Waals surface area contributed by atoms with Gasteiger partial charge < -0.3 is 14.5 Å². The molecular weight excluding hydrogens is 296 g/mol. The van der Waals surface area contributed by atoms with E-state index in [2.05, 4.69) is 9.97 Å². The Morgan fingerprint density at radius 1 is 1.26 bits per heavy atom. The minimum absolute atomic E-state index is 0.0960. The number of nitrogens with zero attached hydrogens (tertiary/aromatic N) is 4. The van der Waals surface area contributed by atoms with Crippen LogP contribution in [0.5, 0.6) is 0 Å². The highest BCUT2D eigenvalue weighted by atomic mass is 16.5. The summed E-state index contributed by atoms with van der Waals surface area (Å²) in [5, 5.41) is 0. The first-order valence-electron chi connectivity index (χ1n) is 8.02. The first kappa shape index (κ1) is 15.9. The molecule has 0 unspecified atom stereocenters. The van der Waals surface area contributed by atoms with E-state index in [1.807, 2.05) is 9.80 Å². The van der Waals surface area contributed by atoms with Crippen molar-refractivity contribution in [1.82, 2.24) is 19.8 Å². The van der Waals surface area contributed by atoms with Crippen LogP contribution in [0.2, 0.25) is 0 Å². The normalized spacial score (nSPS) is 23.7. The van der Waals surface area contributed by atoms with Crippen LogP contribution in [-0.4, -0.2) is 71.0 Å². The fourth-order valence-electron chi connectivity index (χ4n) is 3.46. The summed E-state index contributed by atoms with van der Waals surface area (Å²) < 4.78 is 5.00. The van der Waals surface area contributed by atoms with Gasteiger partial charge in [0.15, 0.2) is 0 Å². The molecule has 1 aromatic rings. The lowest BCUT2D eigenvalue weighted by Crippen LogP contribution is -2.48. The molecule has 124 valence electrons. The summed E-state index contributed by atoms with van der Waals surface area (Å²) >= 11 is 0. The van der Waals surface area contributed by atoms with E-state index < -0.39 is 0 Å². The van der Waals surface area contributed by atoms with Crippen molar-refractivity contribution < 1.29 is 14.3 Å². The third kappa shape index (κ3) is 3.50. The van der Waals surface area contributed by atoms with Gasteiger partial charge in [-0.3, -0.25) is 14.6 Å². The van der Waals surface area contributed by atoms with Gasteiger partial charge in [0, 0.05) is 45.2 Å². The van der Waals surface area contributed by atoms with E-state index in [4.69, 9.17) is 4.74 Å². The summed E-state index contributed by atoms with van der Waals surface area (Å²) in [4.78, 5) is 36.8. The van der Waals surface area contributed by atoms with E-state index in [-0.39, 0.29) is 17.9 Å².